The van der Waals surface area contributed by atoms with E-state index in [4.69, 9.17) is 0 Å². The molecule has 0 spiro atoms. The fourth-order valence-corrected chi connectivity index (χ4v) is 3.97. The number of hydrogen-bond donors (Lipinski definition) is 2. The maximum absolute atomic E-state index is 13.5. The third-order valence-corrected chi connectivity index (χ3v) is 5.71. The van der Waals surface area contributed by atoms with Crippen molar-refractivity contribution in [3.63, 3.8) is 0 Å². The Hall–Kier alpha value is -3.21. The second kappa shape index (κ2) is 6.44. The highest BCUT2D eigenvalue weighted by atomic mass is 19.1. The van der Waals surface area contributed by atoms with Gasteiger partial charge < -0.3 is 5.32 Å². The van der Waals surface area contributed by atoms with Gasteiger partial charge in [-0.1, -0.05) is 54.6 Å². The summed E-state index contributed by atoms with van der Waals surface area (Å²) in [6, 6.07) is 16.9. The highest BCUT2D eigenvalue weighted by molar-refractivity contribution is 5.95. The Morgan fingerprint density at radius 2 is 1.79 bits per heavy atom. The van der Waals surface area contributed by atoms with E-state index < -0.39 is 5.41 Å². The van der Waals surface area contributed by atoms with E-state index in [9.17, 15) is 9.18 Å². The molecule has 0 aliphatic heterocycles. The van der Waals surface area contributed by atoms with Crippen LogP contribution in [0, 0.1) is 11.7 Å². The van der Waals surface area contributed by atoms with Crippen molar-refractivity contribution in [2.24, 2.45) is 5.92 Å². The Labute approximate surface area is 162 Å². The molecule has 1 atom stereocenters. The predicted molar refractivity (Wildman–Crippen MR) is 106 cm³/mol. The molecule has 1 heterocycles. The average molecular weight is 373 g/mol. The third kappa shape index (κ3) is 2.83. The first-order valence-corrected chi connectivity index (χ1v) is 9.55. The van der Waals surface area contributed by atoms with Gasteiger partial charge in [0.25, 0.3) is 0 Å². The summed E-state index contributed by atoms with van der Waals surface area (Å²) in [5.74, 6) is 0.506. The molecule has 2 aromatic carbocycles. The number of halogens is 1. The first kappa shape index (κ1) is 16.9. The van der Waals surface area contributed by atoms with E-state index in [1.165, 1.54) is 12.1 Å². The van der Waals surface area contributed by atoms with Gasteiger partial charge in [0.05, 0.1) is 0 Å². The monoisotopic (exact) mass is 373 g/mol. The van der Waals surface area contributed by atoms with Crippen molar-refractivity contribution in [2.45, 2.75) is 24.7 Å². The van der Waals surface area contributed by atoms with Crippen LogP contribution in [0.25, 0.3) is 6.08 Å². The van der Waals surface area contributed by atoms with Gasteiger partial charge in [-0.2, -0.15) is 5.10 Å². The minimum atomic E-state index is -0.424. The number of fused-ring (bicyclic) bond motifs is 1. The molecular formula is C23H20FN3O. The molecule has 5 rings (SSSR count). The van der Waals surface area contributed by atoms with Crippen molar-refractivity contribution in [1.82, 2.24) is 10.2 Å². The molecule has 2 aliphatic carbocycles. The van der Waals surface area contributed by atoms with Crippen LogP contribution in [0.3, 0.4) is 0 Å². The fourth-order valence-electron chi connectivity index (χ4n) is 3.97. The van der Waals surface area contributed by atoms with E-state index >= 15 is 0 Å². The van der Waals surface area contributed by atoms with Crippen LogP contribution in [0.4, 0.5) is 10.2 Å². The van der Waals surface area contributed by atoms with Crippen LogP contribution in [0.1, 0.15) is 35.2 Å². The highest BCUT2D eigenvalue weighted by Gasteiger charge is 2.37. The number of carbonyl (C=O) groups excluding carboxylic acids is 1. The Balaban J connectivity index is 1.56. The zero-order valence-electron chi connectivity index (χ0n) is 15.3. The molecule has 1 unspecified atom stereocenters. The summed E-state index contributed by atoms with van der Waals surface area (Å²) in [7, 11) is 0. The van der Waals surface area contributed by atoms with E-state index in [1.807, 2.05) is 36.4 Å². The van der Waals surface area contributed by atoms with E-state index in [2.05, 4.69) is 33.7 Å². The van der Waals surface area contributed by atoms with E-state index in [0.29, 0.717) is 12.2 Å². The van der Waals surface area contributed by atoms with Gasteiger partial charge in [0, 0.05) is 29.0 Å². The zero-order valence-corrected chi connectivity index (χ0v) is 15.3. The van der Waals surface area contributed by atoms with Crippen LogP contribution >= 0.6 is 0 Å². The van der Waals surface area contributed by atoms with Gasteiger partial charge in [-0.15, -0.1) is 0 Å². The van der Waals surface area contributed by atoms with Gasteiger partial charge in [0.15, 0.2) is 5.82 Å². The number of hydrogen-bond acceptors (Lipinski definition) is 2. The Bertz CT molecular complexity index is 1050. The van der Waals surface area contributed by atoms with Gasteiger partial charge in [0.2, 0.25) is 5.91 Å². The number of aromatic amines is 1. The molecule has 1 saturated carbocycles. The molecule has 0 saturated heterocycles. The molecule has 0 radical (unpaired) electrons. The molecule has 1 aromatic heterocycles. The second-order valence-electron chi connectivity index (χ2n) is 7.58. The maximum atomic E-state index is 13.5. The summed E-state index contributed by atoms with van der Waals surface area (Å²) in [4.78, 5) is 12.1. The smallest absolute Gasteiger partial charge is 0.228 e. The van der Waals surface area contributed by atoms with E-state index in [1.54, 1.807) is 0 Å². The molecule has 28 heavy (non-hydrogen) atoms. The van der Waals surface area contributed by atoms with E-state index in [-0.39, 0.29) is 17.6 Å². The lowest BCUT2D eigenvalue weighted by atomic mass is 9.68. The van der Waals surface area contributed by atoms with Crippen molar-refractivity contribution in [3.8, 4) is 0 Å². The SMILES string of the molecule is O=C(Nc1n[nH]c2c1C=CC(c1ccccc1)(c1ccc(F)cc1)C2)C1CC1. The summed E-state index contributed by atoms with van der Waals surface area (Å²) < 4.78 is 13.5. The van der Waals surface area contributed by atoms with Gasteiger partial charge in [-0.05, 0) is 36.1 Å². The van der Waals surface area contributed by atoms with Crippen molar-refractivity contribution in [2.75, 3.05) is 5.32 Å². The number of allylic oxidation sites excluding steroid dienone is 1. The quantitative estimate of drug-likeness (QED) is 0.710. The molecule has 0 bridgehead atoms. The van der Waals surface area contributed by atoms with Crippen molar-refractivity contribution in [3.05, 3.63) is 88.9 Å². The van der Waals surface area contributed by atoms with Crippen molar-refractivity contribution < 1.29 is 9.18 Å². The number of benzene rings is 2. The molecule has 2 N–H and O–H groups in total. The molecule has 1 fully saturated rings. The number of amides is 1. The van der Waals surface area contributed by atoms with Crippen LogP contribution in [0.5, 0.6) is 0 Å². The summed E-state index contributed by atoms with van der Waals surface area (Å²) in [5, 5.41) is 10.4. The molecule has 5 heteroatoms. The number of carbonyl (C=O) groups is 1. The predicted octanol–water partition coefficient (Wildman–Crippen LogP) is 4.45. The van der Waals surface area contributed by atoms with Crippen LogP contribution in [0.2, 0.25) is 0 Å². The first-order valence-electron chi connectivity index (χ1n) is 9.55. The normalized spacial score (nSPS) is 20.6. The van der Waals surface area contributed by atoms with Crippen LogP contribution in [-0.2, 0) is 16.6 Å². The Morgan fingerprint density at radius 3 is 2.50 bits per heavy atom. The number of rotatable bonds is 4. The molecule has 2 aliphatic rings. The van der Waals surface area contributed by atoms with Gasteiger partial charge in [-0.25, -0.2) is 4.39 Å². The van der Waals surface area contributed by atoms with Crippen LogP contribution in [-0.4, -0.2) is 16.1 Å². The maximum Gasteiger partial charge on any atom is 0.228 e. The van der Waals surface area contributed by atoms with E-state index in [0.717, 1.165) is 35.2 Å². The summed E-state index contributed by atoms with van der Waals surface area (Å²) in [6.45, 7) is 0. The minimum absolute atomic E-state index is 0.0427. The topological polar surface area (TPSA) is 57.8 Å². The number of aromatic nitrogens is 2. The fraction of sp³-hybridized carbons (Fsp3) is 0.217. The second-order valence-corrected chi connectivity index (χ2v) is 7.58. The number of H-pyrrole nitrogens is 1. The lowest BCUT2D eigenvalue weighted by Crippen LogP contribution is -2.30. The van der Waals surface area contributed by atoms with Gasteiger partial charge in [-0.3, -0.25) is 9.89 Å². The van der Waals surface area contributed by atoms with Crippen molar-refractivity contribution in [1.29, 1.82) is 0 Å². The summed E-state index contributed by atoms with van der Waals surface area (Å²) in [6.07, 6.45) is 6.72. The lowest BCUT2D eigenvalue weighted by Gasteiger charge is -2.34. The molecule has 4 nitrogen and oxygen atoms in total. The first-order chi connectivity index (χ1) is 13.7. The number of nitrogens with zero attached hydrogens (tertiary/aromatic N) is 1. The number of anilines is 1. The van der Waals surface area contributed by atoms with Gasteiger partial charge >= 0.3 is 0 Å². The molecular weight excluding hydrogens is 353 g/mol. The minimum Gasteiger partial charge on any atom is -0.308 e. The van der Waals surface area contributed by atoms with Crippen LogP contribution in [0.15, 0.2) is 60.7 Å². The van der Waals surface area contributed by atoms with Crippen LogP contribution < -0.4 is 5.32 Å². The highest BCUT2D eigenvalue weighted by Crippen LogP contribution is 2.42. The largest absolute Gasteiger partial charge is 0.308 e. The third-order valence-electron chi connectivity index (χ3n) is 5.71. The average Bonchev–Trinajstić information content (AvgIpc) is 3.51. The van der Waals surface area contributed by atoms with Gasteiger partial charge in [0.1, 0.15) is 5.82 Å². The summed E-state index contributed by atoms with van der Waals surface area (Å²) in [5.41, 5.74) is 3.60. The van der Waals surface area contributed by atoms with Crippen molar-refractivity contribution >= 4 is 17.8 Å². The number of nitrogens with one attached hydrogen (secondary N) is 2. The Morgan fingerprint density at radius 1 is 1.07 bits per heavy atom. The summed E-state index contributed by atoms with van der Waals surface area (Å²) >= 11 is 0. The lowest BCUT2D eigenvalue weighted by molar-refractivity contribution is -0.117. The standard InChI is InChI=1S/C23H20FN3O/c24-18-10-8-17(9-11-18)23(16-4-2-1-3-5-16)13-12-19-20(14-23)26-27-21(19)25-22(28)15-6-7-15/h1-5,8-13,15H,6-7,14H2,(H2,25,26,27,28). The zero-order chi connectivity index (χ0) is 19.1. The molecule has 3 aromatic rings. The molecule has 1 amide bonds. The Kier molecular flexibility index (Phi) is 3.90. The molecule has 140 valence electrons.